The van der Waals surface area contributed by atoms with Crippen LogP contribution in [0, 0.1) is 22.2 Å². The minimum Gasteiger partial charge on any atom is -0.339 e. The van der Waals surface area contributed by atoms with Crippen molar-refractivity contribution in [2.24, 2.45) is 10.8 Å². The third-order valence-electron chi connectivity index (χ3n) is 4.58. The van der Waals surface area contributed by atoms with Gasteiger partial charge in [-0.15, -0.1) is 0 Å². The second-order valence-electron chi connectivity index (χ2n) is 7.24. The topological polar surface area (TPSA) is 64.4 Å². The molecule has 1 aliphatic heterocycles. The minimum absolute atomic E-state index is 0.0228. The molecule has 21 heavy (non-hydrogen) atoms. The number of amides is 2. The van der Waals surface area contributed by atoms with Crippen LogP contribution in [0.2, 0.25) is 0 Å². The number of piperazine rings is 1. The molecule has 0 bridgehead atoms. The third-order valence-corrected chi connectivity index (χ3v) is 4.58. The minimum atomic E-state index is -0.795. The molecule has 0 N–H and O–H groups in total. The van der Waals surface area contributed by atoms with Crippen molar-refractivity contribution in [2.45, 2.75) is 46.5 Å². The molecule has 0 radical (unpaired) electrons. The molecule has 0 unspecified atom stereocenters. The Labute approximate surface area is 126 Å². The molecule has 2 aliphatic rings. The van der Waals surface area contributed by atoms with Gasteiger partial charge >= 0.3 is 0 Å². The van der Waals surface area contributed by atoms with Crippen molar-refractivity contribution < 1.29 is 9.59 Å². The van der Waals surface area contributed by atoms with Crippen molar-refractivity contribution in [2.75, 3.05) is 26.2 Å². The van der Waals surface area contributed by atoms with E-state index in [-0.39, 0.29) is 17.2 Å². The zero-order chi connectivity index (χ0) is 15.7. The number of nitrogens with zero attached hydrogens (tertiary/aromatic N) is 3. The highest BCUT2D eigenvalue weighted by molar-refractivity contribution is 5.86. The van der Waals surface area contributed by atoms with Crippen LogP contribution in [-0.2, 0) is 9.59 Å². The first-order chi connectivity index (χ1) is 9.80. The fourth-order valence-corrected chi connectivity index (χ4v) is 3.24. The average Bonchev–Trinajstić information content (AvgIpc) is 2.95. The Kier molecular flexibility index (Phi) is 4.27. The highest BCUT2D eigenvalue weighted by Crippen LogP contribution is 2.39. The molecule has 0 aromatic rings. The Bertz CT molecular complexity index is 459. The first-order valence-electron chi connectivity index (χ1n) is 7.80. The lowest BCUT2D eigenvalue weighted by Crippen LogP contribution is -2.55. The lowest BCUT2D eigenvalue weighted by atomic mass is 9.86. The summed E-state index contributed by atoms with van der Waals surface area (Å²) >= 11 is 0. The molecular formula is C16H25N3O2. The number of carbonyl (C=O) groups is 2. The van der Waals surface area contributed by atoms with Gasteiger partial charge in [0.15, 0.2) is 0 Å². The molecule has 2 fully saturated rings. The molecule has 5 heteroatoms. The van der Waals surface area contributed by atoms with E-state index < -0.39 is 5.41 Å². The molecule has 0 atom stereocenters. The maximum atomic E-state index is 12.6. The molecule has 0 aromatic carbocycles. The predicted octanol–water partition coefficient (Wildman–Crippen LogP) is 1.79. The summed E-state index contributed by atoms with van der Waals surface area (Å²) in [5.74, 6) is 0.107. The van der Waals surface area contributed by atoms with Gasteiger partial charge in [-0.1, -0.05) is 33.6 Å². The predicted molar refractivity (Wildman–Crippen MR) is 79.1 cm³/mol. The fraction of sp³-hybridized carbons (Fsp3) is 0.812. The average molecular weight is 291 g/mol. The highest BCUT2D eigenvalue weighted by atomic mass is 16.2. The standard InChI is InChI=1S/C16H25N3O2/c1-15(2,3)13(20)18-8-10-19(11-9-18)14(21)16(12-17)6-4-5-7-16/h4-11H2,1-3H3. The van der Waals surface area contributed by atoms with Gasteiger partial charge in [0.05, 0.1) is 6.07 Å². The molecule has 2 rings (SSSR count). The van der Waals surface area contributed by atoms with Gasteiger partial charge in [0.1, 0.15) is 5.41 Å². The normalized spacial score (nSPS) is 22.0. The van der Waals surface area contributed by atoms with Crippen molar-refractivity contribution in [1.29, 1.82) is 5.26 Å². The van der Waals surface area contributed by atoms with Gasteiger partial charge in [-0.05, 0) is 12.8 Å². The largest absolute Gasteiger partial charge is 0.339 e. The quantitative estimate of drug-likeness (QED) is 0.740. The van der Waals surface area contributed by atoms with Gasteiger partial charge in [0.25, 0.3) is 0 Å². The van der Waals surface area contributed by atoms with Crippen molar-refractivity contribution >= 4 is 11.8 Å². The maximum Gasteiger partial charge on any atom is 0.243 e. The number of hydrogen-bond acceptors (Lipinski definition) is 3. The fourth-order valence-electron chi connectivity index (χ4n) is 3.24. The van der Waals surface area contributed by atoms with E-state index in [1.54, 1.807) is 4.90 Å². The van der Waals surface area contributed by atoms with Crippen LogP contribution < -0.4 is 0 Å². The van der Waals surface area contributed by atoms with Crippen LogP contribution in [0.25, 0.3) is 0 Å². The van der Waals surface area contributed by atoms with Gasteiger partial charge in [-0.25, -0.2) is 0 Å². The molecule has 1 saturated carbocycles. The molecule has 1 saturated heterocycles. The number of hydrogen-bond donors (Lipinski definition) is 0. The Morgan fingerprint density at radius 1 is 1.00 bits per heavy atom. The van der Waals surface area contributed by atoms with E-state index in [2.05, 4.69) is 6.07 Å². The molecular weight excluding hydrogens is 266 g/mol. The summed E-state index contributed by atoms with van der Waals surface area (Å²) in [6.45, 7) is 7.98. The van der Waals surface area contributed by atoms with E-state index in [4.69, 9.17) is 0 Å². The SMILES string of the molecule is CC(C)(C)C(=O)N1CCN(C(=O)C2(C#N)CCCC2)CC1. The van der Waals surface area contributed by atoms with Gasteiger partial charge in [0, 0.05) is 31.6 Å². The van der Waals surface area contributed by atoms with E-state index in [0.717, 1.165) is 12.8 Å². The molecule has 0 aromatic heterocycles. The van der Waals surface area contributed by atoms with Crippen molar-refractivity contribution in [3.63, 3.8) is 0 Å². The molecule has 1 aliphatic carbocycles. The summed E-state index contributed by atoms with van der Waals surface area (Å²) in [5.41, 5.74) is -1.18. The number of carbonyl (C=O) groups excluding carboxylic acids is 2. The van der Waals surface area contributed by atoms with E-state index in [0.29, 0.717) is 39.0 Å². The third kappa shape index (κ3) is 3.04. The van der Waals surface area contributed by atoms with Crippen LogP contribution >= 0.6 is 0 Å². The maximum absolute atomic E-state index is 12.6. The Morgan fingerprint density at radius 2 is 1.48 bits per heavy atom. The number of nitriles is 1. The van der Waals surface area contributed by atoms with Crippen LogP contribution in [0.4, 0.5) is 0 Å². The molecule has 116 valence electrons. The van der Waals surface area contributed by atoms with Crippen molar-refractivity contribution in [1.82, 2.24) is 9.80 Å². The van der Waals surface area contributed by atoms with E-state index in [1.807, 2.05) is 25.7 Å². The summed E-state index contributed by atoms with van der Waals surface area (Å²) in [4.78, 5) is 28.5. The summed E-state index contributed by atoms with van der Waals surface area (Å²) in [6, 6.07) is 2.26. The molecule has 5 nitrogen and oxygen atoms in total. The van der Waals surface area contributed by atoms with Gasteiger partial charge in [0.2, 0.25) is 11.8 Å². The smallest absolute Gasteiger partial charge is 0.243 e. The van der Waals surface area contributed by atoms with E-state index in [1.165, 1.54) is 0 Å². The monoisotopic (exact) mass is 291 g/mol. The Hall–Kier alpha value is -1.57. The van der Waals surface area contributed by atoms with Gasteiger partial charge in [-0.2, -0.15) is 5.26 Å². The lowest BCUT2D eigenvalue weighted by molar-refractivity contribution is -0.147. The van der Waals surface area contributed by atoms with E-state index >= 15 is 0 Å². The van der Waals surface area contributed by atoms with E-state index in [9.17, 15) is 14.9 Å². The molecule has 2 amide bonds. The van der Waals surface area contributed by atoms with Crippen LogP contribution in [0.3, 0.4) is 0 Å². The molecule has 0 spiro atoms. The van der Waals surface area contributed by atoms with Crippen LogP contribution in [0.1, 0.15) is 46.5 Å². The van der Waals surface area contributed by atoms with Crippen LogP contribution in [0.15, 0.2) is 0 Å². The zero-order valence-electron chi connectivity index (χ0n) is 13.3. The van der Waals surface area contributed by atoms with Crippen LogP contribution in [-0.4, -0.2) is 47.8 Å². The summed E-state index contributed by atoms with van der Waals surface area (Å²) in [6.07, 6.45) is 3.29. The van der Waals surface area contributed by atoms with Gasteiger partial charge < -0.3 is 9.80 Å². The molecule has 1 heterocycles. The summed E-state index contributed by atoms with van der Waals surface area (Å²) < 4.78 is 0. The first-order valence-corrected chi connectivity index (χ1v) is 7.80. The van der Waals surface area contributed by atoms with Crippen molar-refractivity contribution in [3.05, 3.63) is 0 Å². The Morgan fingerprint density at radius 3 is 1.90 bits per heavy atom. The van der Waals surface area contributed by atoms with Crippen molar-refractivity contribution in [3.8, 4) is 6.07 Å². The summed E-state index contributed by atoms with van der Waals surface area (Å²) in [5, 5.41) is 9.40. The first kappa shape index (κ1) is 15.8. The lowest BCUT2D eigenvalue weighted by Gasteiger charge is -2.39. The zero-order valence-corrected chi connectivity index (χ0v) is 13.3. The Balaban J connectivity index is 1.97. The second kappa shape index (κ2) is 5.67. The second-order valence-corrected chi connectivity index (χ2v) is 7.24. The van der Waals surface area contributed by atoms with Gasteiger partial charge in [-0.3, -0.25) is 9.59 Å². The highest BCUT2D eigenvalue weighted by Gasteiger charge is 2.44. The summed E-state index contributed by atoms with van der Waals surface area (Å²) in [7, 11) is 0. The van der Waals surface area contributed by atoms with Crippen LogP contribution in [0.5, 0.6) is 0 Å². The number of rotatable bonds is 1.